The molecule has 0 aliphatic carbocycles. The summed E-state index contributed by atoms with van der Waals surface area (Å²) < 4.78 is 4.99. The van der Waals surface area contributed by atoms with Crippen molar-refractivity contribution in [2.75, 3.05) is 24.1 Å². The third-order valence-electron chi connectivity index (χ3n) is 2.28. The van der Waals surface area contributed by atoms with Crippen LogP contribution in [0, 0.1) is 0 Å². The van der Waals surface area contributed by atoms with Crippen molar-refractivity contribution in [2.45, 2.75) is 4.90 Å². The molecule has 0 aliphatic heterocycles. The lowest BCUT2D eigenvalue weighted by Crippen LogP contribution is -2.13. The first-order valence-corrected chi connectivity index (χ1v) is 6.66. The molecule has 19 heavy (non-hydrogen) atoms. The zero-order valence-electron chi connectivity index (χ0n) is 10.5. The fraction of sp³-hybridized carbons (Fsp3) is 0.182. The minimum Gasteiger partial charge on any atom is -0.467 e. The number of hydrazine groups is 1. The van der Waals surface area contributed by atoms with E-state index in [1.165, 1.54) is 7.11 Å². The number of methoxy groups -OCH3 is 1. The average molecular weight is 278 g/mol. The summed E-state index contributed by atoms with van der Waals surface area (Å²) in [5, 5.41) is 3.11. The molecule has 0 fully saturated rings. The summed E-state index contributed by atoms with van der Waals surface area (Å²) in [7, 11) is 1.48. The molecule has 0 saturated carbocycles. The number of hydrogen-bond acceptors (Lipinski definition) is 8. The van der Waals surface area contributed by atoms with Crippen LogP contribution in [0.2, 0.25) is 0 Å². The number of aromatic nitrogens is 3. The third kappa shape index (κ3) is 3.24. The van der Waals surface area contributed by atoms with E-state index in [0.29, 0.717) is 5.95 Å². The average Bonchev–Trinajstić information content (AvgIpc) is 2.47. The van der Waals surface area contributed by atoms with E-state index in [0.717, 1.165) is 10.6 Å². The predicted octanol–water partition coefficient (Wildman–Crippen LogP) is 1.63. The second-order valence-electron chi connectivity index (χ2n) is 3.44. The molecule has 4 N–H and O–H groups in total. The molecule has 2 aromatic rings. The summed E-state index contributed by atoms with van der Waals surface area (Å²) in [6.07, 6.45) is 2.00. The molecule has 0 unspecified atom stereocenters. The van der Waals surface area contributed by atoms with E-state index < -0.39 is 0 Å². The van der Waals surface area contributed by atoms with Gasteiger partial charge < -0.3 is 10.1 Å². The number of nitrogens with two attached hydrogens (primary N) is 1. The molecule has 0 amide bonds. The molecular formula is C11H14N6OS. The summed E-state index contributed by atoms with van der Waals surface area (Å²) in [5.74, 6) is 5.90. The van der Waals surface area contributed by atoms with Gasteiger partial charge in [0, 0.05) is 4.90 Å². The molecule has 1 aromatic carbocycles. The Hall–Kier alpha value is -2.06. The highest BCUT2D eigenvalue weighted by molar-refractivity contribution is 7.98. The SMILES string of the molecule is COc1nc(NN)nc(Nc2ccccc2SC)n1. The van der Waals surface area contributed by atoms with Crippen LogP contribution in [0.1, 0.15) is 0 Å². The maximum atomic E-state index is 5.30. The number of thioether (sulfide) groups is 1. The molecule has 0 spiro atoms. The standard InChI is InChI=1S/C11H14N6OS/c1-18-11-15-9(14-10(16-11)17-12)13-7-5-3-4-6-8(7)19-2/h3-6H,12H2,1-2H3,(H2,13,14,15,16,17). The normalized spacial score (nSPS) is 10.1. The molecule has 0 radical (unpaired) electrons. The molecule has 0 saturated heterocycles. The number of rotatable bonds is 5. The Morgan fingerprint density at radius 2 is 1.89 bits per heavy atom. The van der Waals surface area contributed by atoms with Gasteiger partial charge in [-0.1, -0.05) is 12.1 Å². The fourth-order valence-electron chi connectivity index (χ4n) is 1.44. The summed E-state index contributed by atoms with van der Waals surface area (Å²) in [5.41, 5.74) is 3.28. The number of ether oxygens (including phenoxy) is 1. The summed E-state index contributed by atoms with van der Waals surface area (Å²) in [6, 6.07) is 8.04. The van der Waals surface area contributed by atoms with Crippen molar-refractivity contribution in [3.05, 3.63) is 24.3 Å². The minimum absolute atomic E-state index is 0.187. The number of nitrogen functional groups attached to an aromatic ring is 1. The Bertz CT molecular complexity index is 542. The monoisotopic (exact) mass is 278 g/mol. The Labute approximate surface area is 115 Å². The van der Waals surface area contributed by atoms with Crippen LogP contribution in [0.15, 0.2) is 29.2 Å². The number of anilines is 3. The van der Waals surface area contributed by atoms with Crippen LogP contribution in [0.3, 0.4) is 0 Å². The van der Waals surface area contributed by atoms with Gasteiger partial charge in [-0.15, -0.1) is 11.8 Å². The smallest absolute Gasteiger partial charge is 0.322 e. The Balaban J connectivity index is 2.32. The fourth-order valence-corrected chi connectivity index (χ4v) is 1.99. The maximum Gasteiger partial charge on any atom is 0.322 e. The van der Waals surface area contributed by atoms with Crippen LogP contribution in [0.5, 0.6) is 6.01 Å². The van der Waals surface area contributed by atoms with Gasteiger partial charge in [-0.25, -0.2) is 5.84 Å². The van der Waals surface area contributed by atoms with Gasteiger partial charge in [0.25, 0.3) is 0 Å². The van der Waals surface area contributed by atoms with Crippen LogP contribution in [0.4, 0.5) is 17.6 Å². The minimum atomic E-state index is 0.187. The van der Waals surface area contributed by atoms with Gasteiger partial charge in [0.1, 0.15) is 0 Å². The Morgan fingerprint density at radius 1 is 1.16 bits per heavy atom. The number of hydrogen-bond donors (Lipinski definition) is 3. The lowest BCUT2D eigenvalue weighted by Gasteiger charge is -2.10. The molecule has 0 atom stereocenters. The van der Waals surface area contributed by atoms with Crippen LogP contribution >= 0.6 is 11.8 Å². The van der Waals surface area contributed by atoms with E-state index in [4.69, 9.17) is 10.6 Å². The summed E-state index contributed by atoms with van der Waals surface area (Å²) in [4.78, 5) is 13.2. The lowest BCUT2D eigenvalue weighted by atomic mass is 10.3. The topological polar surface area (TPSA) is 98.0 Å². The number of nitrogens with one attached hydrogen (secondary N) is 2. The second kappa shape index (κ2) is 6.21. The molecular weight excluding hydrogens is 264 g/mol. The van der Waals surface area contributed by atoms with Crippen LogP contribution in [-0.2, 0) is 0 Å². The summed E-state index contributed by atoms with van der Waals surface area (Å²) in [6.45, 7) is 0. The Kier molecular flexibility index (Phi) is 4.37. The predicted molar refractivity (Wildman–Crippen MR) is 75.7 cm³/mol. The Morgan fingerprint density at radius 3 is 2.58 bits per heavy atom. The second-order valence-corrected chi connectivity index (χ2v) is 4.29. The highest BCUT2D eigenvalue weighted by Crippen LogP contribution is 2.27. The van der Waals surface area contributed by atoms with Crippen molar-refractivity contribution in [1.29, 1.82) is 0 Å². The molecule has 100 valence electrons. The van der Waals surface area contributed by atoms with Crippen LogP contribution < -0.4 is 21.3 Å². The van der Waals surface area contributed by atoms with Crippen LogP contribution in [-0.4, -0.2) is 28.3 Å². The zero-order valence-corrected chi connectivity index (χ0v) is 11.4. The lowest BCUT2D eigenvalue weighted by molar-refractivity contribution is 0.379. The first-order valence-electron chi connectivity index (χ1n) is 5.43. The van der Waals surface area contributed by atoms with Crippen molar-refractivity contribution in [3.8, 4) is 6.01 Å². The molecule has 7 nitrogen and oxygen atoms in total. The van der Waals surface area contributed by atoms with Crippen molar-refractivity contribution in [2.24, 2.45) is 5.84 Å². The number of para-hydroxylation sites is 1. The van der Waals surface area contributed by atoms with Crippen LogP contribution in [0.25, 0.3) is 0 Å². The van der Waals surface area contributed by atoms with E-state index in [9.17, 15) is 0 Å². The van der Waals surface area contributed by atoms with Crippen molar-refractivity contribution in [1.82, 2.24) is 15.0 Å². The molecule has 2 rings (SSSR count). The molecule has 0 aliphatic rings. The van der Waals surface area contributed by atoms with E-state index in [-0.39, 0.29) is 12.0 Å². The maximum absolute atomic E-state index is 5.30. The van der Waals surface area contributed by atoms with Gasteiger partial charge in [-0.3, -0.25) is 5.43 Å². The van der Waals surface area contributed by atoms with Crippen molar-refractivity contribution < 1.29 is 4.74 Å². The molecule has 1 heterocycles. The van der Waals surface area contributed by atoms with Gasteiger partial charge in [0.15, 0.2) is 0 Å². The first kappa shape index (κ1) is 13.4. The van der Waals surface area contributed by atoms with E-state index >= 15 is 0 Å². The zero-order chi connectivity index (χ0) is 13.7. The summed E-state index contributed by atoms with van der Waals surface area (Å²) >= 11 is 1.63. The van der Waals surface area contributed by atoms with E-state index in [1.54, 1.807) is 11.8 Å². The molecule has 1 aromatic heterocycles. The third-order valence-corrected chi connectivity index (χ3v) is 3.08. The highest BCUT2D eigenvalue weighted by Gasteiger charge is 2.08. The van der Waals surface area contributed by atoms with Gasteiger partial charge in [-0.2, -0.15) is 15.0 Å². The molecule has 8 heteroatoms. The molecule has 0 bridgehead atoms. The number of nitrogens with zero attached hydrogens (tertiary/aromatic N) is 3. The number of benzene rings is 1. The van der Waals surface area contributed by atoms with Gasteiger partial charge in [0.2, 0.25) is 11.9 Å². The quantitative estimate of drug-likeness (QED) is 0.431. The highest BCUT2D eigenvalue weighted by atomic mass is 32.2. The van der Waals surface area contributed by atoms with Gasteiger partial charge in [-0.05, 0) is 18.4 Å². The van der Waals surface area contributed by atoms with Crippen molar-refractivity contribution in [3.63, 3.8) is 0 Å². The van der Waals surface area contributed by atoms with E-state index in [2.05, 4.69) is 25.7 Å². The van der Waals surface area contributed by atoms with E-state index in [1.807, 2.05) is 30.5 Å². The van der Waals surface area contributed by atoms with Crippen molar-refractivity contribution >= 4 is 29.3 Å². The largest absolute Gasteiger partial charge is 0.467 e. The first-order chi connectivity index (χ1) is 9.26. The van der Waals surface area contributed by atoms with Gasteiger partial charge >= 0.3 is 6.01 Å². The van der Waals surface area contributed by atoms with Gasteiger partial charge in [0.05, 0.1) is 12.8 Å².